The van der Waals surface area contributed by atoms with E-state index in [0.29, 0.717) is 0 Å². The van der Waals surface area contributed by atoms with Gasteiger partial charge in [-0.1, -0.05) is 29.5 Å². The fourth-order valence-electron chi connectivity index (χ4n) is 1.92. The van der Waals surface area contributed by atoms with Crippen molar-refractivity contribution in [2.24, 2.45) is 7.05 Å². The van der Waals surface area contributed by atoms with Gasteiger partial charge in [-0.05, 0) is 18.6 Å². The van der Waals surface area contributed by atoms with Gasteiger partial charge in [0.25, 0.3) is 0 Å². The van der Waals surface area contributed by atoms with Crippen LogP contribution in [0.3, 0.4) is 0 Å². The third-order valence-electron chi connectivity index (χ3n) is 2.92. The van der Waals surface area contributed by atoms with Crippen molar-refractivity contribution in [3.8, 4) is 0 Å². The molecule has 0 radical (unpaired) electrons. The highest BCUT2D eigenvalue weighted by atomic mass is 32.2. The summed E-state index contributed by atoms with van der Waals surface area (Å²) in [7, 11) is 3.66. The van der Waals surface area contributed by atoms with E-state index in [4.69, 9.17) is 4.74 Å². The Labute approximate surface area is 124 Å². The summed E-state index contributed by atoms with van der Waals surface area (Å²) in [6.45, 7) is 4.57. The summed E-state index contributed by atoms with van der Waals surface area (Å²) >= 11 is 1.75. The maximum absolute atomic E-state index is 5.05. The molecule has 20 heavy (non-hydrogen) atoms. The molecule has 2 rings (SSSR count). The molecule has 1 heterocycles. The number of nitrogens with zero attached hydrogens (tertiary/aromatic N) is 2. The van der Waals surface area contributed by atoms with Crippen molar-refractivity contribution < 1.29 is 4.74 Å². The Bertz CT molecular complexity index is 554. The molecule has 1 aromatic heterocycles. The Kier molecular flexibility index (Phi) is 5.64. The van der Waals surface area contributed by atoms with Crippen LogP contribution in [0.5, 0.6) is 0 Å². The van der Waals surface area contributed by atoms with Crippen molar-refractivity contribution in [1.82, 2.24) is 15.1 Å². The molecular formula is C15H21N3OS. The van der Waals surface area contributed by atoms with Crippen LogP contribution in [0, 0.1) is 6.92 Å². The van der Waals surface area contributed by atoms with E-state index in [1.807, 2.05) is 24.1 Å². The number of hydrogen-bond acceptors (Lipinski definition) is 4. The minimum Gasteiger partial charge on any atom is -0.383 e. The van der Waals surface area contributed by atoms with Crippen LogP contribution in [0.25, 0.3) is 0 Å². The van der Waals surface area contributed by atoms with Gasteiger partial charge in [0.05, 0.1) is 17.7 Å². The summed E-state index contributed by atoms with van der Waals surface area (Å²) in [5, 5.41) is 7.61. The summed E-state index contributed by atoms with van der Waals surface area (Å²) < 4.78 is 6.88. The topological polar surface area (TPSA) is 39.1 Å². The molecule has 1 aromatic carbocycles. The van der Waals surface area contributed by atoms with E-state index >= 15 is 0 Å². The van der Waals surface area contributed by atoms with Gasteiger partial charge in [0.2, 0.25) is 0 Å². The van der Waals surface area contributed by atoms with Gasteiger partial charge in [0.15, 0.2) is 0 Å². The molecular weight excluding hydrogens is 270 g/mol. The van der Waals surface area contributed by atoms with Crippen LogP contribution >= 0.6 is 11.8 Å². The molecule has 0 saturated heterocycles. The van der Waals surface area contributed by atoms with E-state index in [-0.39, 0.29) is 0 Å². The SMILES string of the molecule is COCCNCc1cc(C)ccc1Sc1cnn(C)c1. The molecule has 0 atom stereocenters. The summed E-state index contributed by atoms with van der Waals surface area (Å²) in [4.78, 5) is 2.43. The first kappa shape index (κ1) is 15.1. The molecule has 0 amide bonds. The van der Waals surface area contributed by atoms with Gasteiger partial charge in [0.1, 0.15) is 0 Å². The van der Waals surface area contributed by atoms with Gasteiger partial charge in [0, 0.05) is 38.3 Å². The Balaban J connectivity index is 2.06. The summed E-state index contributed by atoms with van der Waals surface area (Å²) in [5.74, 6) is 0. The Hall–Kier alpha value is -1.30. The lowest BCUT2D eigenvalue weighted by Crippen LogP contribution is -2.18. The first-order valence-corrected chi connectivity index (χ1v) is 7.46. The van der Waals surface area contributed by atoms with Crippen LogP contribution in [-0.4, -0.2) is 30.0 Å². The predicted molar refractivity (Wildman–Crippen MR) is 82.1 cm³/mol. The Morgan fingerprint density at radius 2 is 2.25 bits per heavy atom. The van der Waals surface area contributed by atoms with E-state index in [9.17, 15) is 0 Å². The van der Waals surface area contributed by atoms with Crippen molar-refractivity contribution in [3.05, 3.63) is 41.7 Å². The smallest absolute Gasteiger partial charge is 0.0629 e. The van der Waals surface area contributed by atoms with E-state index in [1.165, 1.54) is 16.0 Å². The van der Waals surface area contributed by atoms with Crippen LogP contribution < -0.4 is 5.32 Å². The van der Waals surface area contributed by atoms with Crippen molar-refractivity contribution in [1.29, 1.82) is 0 Å². The number of rotatable bonds is 7. The quantitative estimate of drug-likeness (QED) is 0.796. The number of aromatic nitrogens is 2. The minimum absolute atomic E-state index is 0.733. The van der Waals surface area contributed by atoms with E-state index < -0.39 is 0 Å². The first-order valence-electron chi connectivity index (χ1n) is 6.64. The fourth-order valence-corrected chi connectivity index (χ4v) is 2.88. The van der Waals surface area contributed by atoms with Crippen LogP contribution in [-0.2, 0) is 18.3 Å². The maximum atomic E-state index is 5.05. The molecule has 5 heteroatoms. The molecule has 0 bridgehead atoms. The molecule has 2 aromatic rings. The molecule has 108 valence electrons. The highest BCUT2D eigenvalue weighted by molar-refractivity contribution is 7.99. The lowest BCUT2D eigenvalue weighted by atomic mass is 10.1. The third kappa shape index (κ3) is 4.37. The zero-order valence-corrected chi connectivity index (χ0v) is 13.0. The molecule has 0 aliphatic rings. The number of ether oxygens (including phenoxy) is 1. The molecule has 0 aliphatic heterocycles. The number of methoxy groups -OCH3 is 1. The Morgan fingerprint density at radius 1 is 1.40 bits per heavy atom. The van der Waals surface area contributed by atoms with Crippen LogP contribution in [0.1, 0.15) is 11.1 Å². The Morgan fingerprint density at radius 3 is 2.95 bits per heavy atom. The number of benzene rings is 1. The van der Waals surface area contributed by atoms with E-state index in [2.05, 4.69) is 35.5 Å². The number of nitrogens with one attached hydrogen (secondary N) is 1. The molecule has 1 N–H and O–H groups in total. The molecule has 0 unspecified atom stereocenters. The first-order chi connectivity index (χ1) is 9.69. The minimum atomic E-state index is 0.733. The lowest BCUT2D eigenvalue weighted by molar-refractivity contribution is 0.199. The second-order valence-corrected chi connectivity index (χ2v) is 5.85. The monoisotopic (exact) mass is 291 g/mol. The van der Waals surface area contributed by atoms with Crippen molar-refractivity contribution in [2.75, 3.05) is 20.3 Å². The van der Waals surface area contributed by atoms with Crippen molar-refractivity contribution >= 4 is 11.8 Å². The second-order valence-electron chi connectivity index (χ2n) is 4.73. The van der Waals surface area contributed by atoms with Gasteiger partial charge in [-0.15, -0.1) is 0 Å². The van der Waals surface area contributed by atoms with Gasteiger partial charge in [-0.25, -0.2) is 0 Å². The number of hydrogen-bond donors (Lipinski definition) is 1. The molecule has 4 nitrogen and oxygen atoms in total. The van der Waals surface area contributed by atoms with Crippen LogP contribution in [0.15, 0.2) is 40.4 Å². The van der Waals surface area contributed by atoms with Gasteiger partial charge < -0.3 is 10.1 Å². The predicted octanol–water partition coefficient (Wildman–Crippen LogP) is 2.62. The zero-order valence-electron chi connectivity index (χ0n) is 12.2. The average molecular weight is 291 g/mol. The largest absolute Gasteiger partial charge is 0.383 e. The highest BCUT2D eigenvalue weighted by Crippen LogP contribution is 2.30. The zero-order chi connectivity index (χ0) is 14.4. The molecule has 0 saturated carbocycles. The summed E-state index contributed by atoms with van der Waals surface area (Å²) in [5.41, 5.74) is 2.60. The molecule has 0 fully saturated rings. The standard InChI is InChI=1S/C15H21N3OS/c1-12-4-5-15(20-14-10-17-18(2)11-14)13(8-12)9-16-6-7-19-3/h4-5,8,10-11,16H,6-7,9H2,1-3H3. The average Bonchev–Trinajstić information content (AvgIpc) is 2.83. The van der Waals surface area contributed by atoms with Crippen molar-refractivity contribution in [3.63, 3.8) is 0 Å². The third-order valence-corrected chi connectivity index (χ3v) is 3.99. The van der Waals surface area contributed by atoms with Gasteiger partial charge in [-0.2, -0.15) is 5.10 Å². The maximum Gasteiger partial charge on any atom is 0.0629 e. The fraction of sp³-hybridized carbons (Fsp3) is 0.400. The van der Waals surface area contributed by atoms with Crippen molar-refractivity contribution in [2.45, 2.75) is 23.3 Å². The van der Waals surface area contributed by atoms with E-state index in [0.717, 1.165) is 24.6 Å². The second kappa shape index (κ2) is 7.47. The highest BCUT2D eigenvalue weighted by Gasteiger charge is 2.06. The summed E-state index contributed by atoms with van der Waals surface area (Å²) in [6.07, 6.45) is 3.93. The molecule has 0 spiro atoms. The van der Waals surface area contributed by atoms with Gasteiger partial charge >= 0.3 is 0 Å². The molecule has 0 aliphatic carbocycles. The normalized spacial score (nSPS) is 10.9. The van der Waals surface area contributed by atoms with Crippen LogP contribution in [0.2, 0.25) is 0 Å². The van der Waals surface area contributed by atoms with E-state index in [1.54, 1.807) is 18.9 Å². The van der Waals surface area contributed by atoms with Crippen LogP contribution in [0.4, 0.5) is 0 Å². The lowest BCUT2D eigenvalue weighted by Gasteiger charge is -2.10. The summed E-state index contributed by atoms with van der Waals surface area (Å²) in [6, 6.07) is 6.57. The van der Waals surface area contributed by atoms with Gasteiger partial charge in [-0.3, -0.25) is 4.68 Å². The number of aryl methyl sites for hydroxylation is 2.